The number of carbonyl (C=O) groups excluding carboxylic acids is 2. The maximum atomic E-state index is 14.9. The highest BCUT2D eigenvalue weighted by Gasteiger charge is 2.51. The summed E-state index contributed by atoms with van der Waals surface area (Å²) in [5.41, 5.74) is 7.81. The Balaban J connectivity index is 1.39. The van der Waals surface area contributed by atoms with Gasteiger partial charge in [0.2, 0.25) is 0 Å². The number of carbonyl (C=O) groups is 2. The number of fused-ring (bicyclic) bond motifs is 2. The first-order valence-corrected chi connectivity index (χ1v) is 14.0. The van der Waals surface area contributed by atoms with E-state index < -0.39 is 41.9 Å². The summed E-state index contributed by atoms with van der Waals surface area (Å²) in [6, 6.07) is 9.65. The fraction of sp³-hybridized carbons (Fsp3) is 0.194. The Morgan fingerprint density at radius 3 is 2.46 bits per heavy atom. The predicted octanol–water partition coefficient (Wildman–Crippen LogP) is 4.65. The van der Waals surface area contributed by atoms with Gasteiger partial charge in [-0.3, -0.25) is 14.5 Å². The first kappa shape index (κ1) is 29.0. The zero-order chi connectivity index (χ0) is 32.3. The highest BCUT2D eigenvalue weighted by atomic mass is 19.3. The molecule has 4 heterocycles. The summed E-state index contributed by atoms with van der Waals surface area (Å²) in [6.45, 7) is 3.57. The number of hydrogen-bond donors (Lipinski definition) is 1. The second kappa shape index (κ2) is 10.7. The van der Waals surface area contributed by atoms with Crippen molar-refractivity contribution in [3.05, 3.63) is 95.7 Å². The molecular formula is C31H22F4N8O3. The average Bonchev–Trinajstić information content (AvgIpc) is 3.74. The van der Waals surface area contributed by atoms with Crippen molar-refractivity contribution in [1.29, 1.82) is 0 Å². The van der Waals surface area contributed by atoms with Gasteiger partial charge in [-0.25, -0.2) is 23.7 Å². The molecule has 1 saturated carbocycles. The average molecular weight is 631 g/mol. The van der Waals surface area contributed by atoms with E-state index in [2.05, 4.69) is 26.9 Å². The van der Waals surface area contributed by atoms with Gasteiger partial charge < -0.3 is 10.5 Å². The third kappa shape index (κ3) is 5.08. The van der Waals surface area contributed by atoms with E-state index in [-0.39, 0.29) is 45.3 Å². The summed E-state index contributed by atoms with van der Waals surface area (Å²) in [5, 5.41) is 8.49. The number of benzene rings is 2. The van der Waals surface area contributed by atoms with Crippen LogP contribution >= 0.6 is 0 Å². The lowest BCUT2D eigenvalue weighted by atomic mass is 9.94. The summed E-state index contributed by atoms with van der Waals surface area (Å²) >= 11 is 0. The fourth-order valence-corrected chi connectivity index (χ4v) is 5.36. The molecule has 0 spiro atoms. The monoisotopic (exact) mass is 630 g/mol. The zero-order valence-electron chi connectivity index (χ0n) is 23.8. The lowest BCUT2D eigenvalue weighted by molar-refractivity contribution is -0.193. The van der Waals surface area contributed by atoms with Crippen molar-refractivity contribution in [1.82, 2.24) is 29.9 Å². The number of nitrogens with zero attached hydrogens (tertiary/aromatic N) is 7. The number of pyridine rings is 1. The SMILES string of the molecule is C=C(c1ccc(F)cc1)n1nnc2c(-c3ccc4c(c3)OC(F)(F)C(=O)N4Cc3ncc(F)cn3)c(C(N)=O)c(CC3CC3)nc21. The van der Waals surface area contributed by atoms with Gasteiger partial charge in [0, 0.05) is 5.56 Å². The van der Waals surface area contributed by atoms with Crippen molar-refractivity contribution in [2.75, 3.05) is 4.90 Å². The molecule has 1 aliphatic heterocycles. The van der Waals surface area contributed by atoms with E-state index in [1.807, 2.05) is 0 Å². The molecular weight excluding hydrogens is 608 g/mol. The van der Waals surface area contributed by atoms with Gasteiger partial charge in [-0.2, -0.15) is 13.5 Å². The smallest absolute Gasteiger partial charge is 0.423 e. The summed E-state index contributed by atoms with van der Waals surface area (Å²) in [5.74, 6) is -3.88. The maximum Gasteiger partial charge on any atom is 0.482 e. The number of alkyl halides is 2. The van der Waals surface area contributed by atoms with Crippen molar-refractivity contribution in [3.63, 3.8) is 0 Å². The summed E-state index contributed by atoms with van der Waals surface area (Å²) < 4.78 is 63.0. The summed E-state index contributed by atoms with van der Waals surface area (Å²) in [7, 11) is 0. The Hall–Kier alpha value is -5.73. The number of nitrogens with two attached hydrogens (primary N) is 1. The van der Waals surface area contributed by atoms with Gasteiger partial charge in [-0.15, -0.1) is 5.10 Å². The fourth-order valence-electron chi connectivity index (χ4n) is 5.36. The van der Waals surface area contributed by atoms with E-state index in [9.17, 15) is 27.2 Å². The van der Waals surface area contributed by atoms with Crippen LogP contribution in [0.25, 0.3) is 28.0 Å². The Kier molecular flexibility index (Phi) is 6.76. The molecule has 0 radical (unpaired) electrons. The van der Waals surface area contributed by atoms with Gasteiger partial charge in [0.15, 0.2) is 17.2 Å². The largest absolute Gasteiger partial charge is 0.482 e. The van der Waals surface area contributed by atoms with E-state index in [1.165, 1.54) is 47.1 Å². The number of ether oxygens (including phenoxy) is 1. The minimum absolute atomic E-state index is 0.0361. The Bertz CT molecular complexity index is 2060. The Morgan fingerprint density at radius 2 is 1.78 bits per heavy atom. The molecule has 0 saturated heterocycles. The maximum absolute atomic E-state index is 14.9. The number of aromatic nitrogens is 6. The predicted molar refractivity (Wildman–Crippen MR) is 155 cm³/mol. The van der Waals surface area contributed by atoms with E-state index in [4.69, 9.17) is 15.5 Å². The first-order valence-electron chi connectivity index (χ1n) is 14.0. The number of hydrogen-bond acceptors (Lipinski definition) is 8. The normalized spacial score (nSPS) is 15.5. The molecule has 2 aliphatic rings. The van der Waals surface area contributed by atoms with Crippen molar-refractivity contribution in [2.24, 2.45) is 11.7 Å². The second-order valence-electron chi connectivity index (χ2n) is 11.0. The third-order valence-electron chi connectivity index (χ3n) is 7.77. The van der Waals surface area contributed by atoms with Crippen LogP contribution in [-0.2, 0) is 17.8 Å². The van der Waals surface area contributed by atoms with Crippen LogP contribution in [0, 0.1) is 17.6 Å². The first-order chi connectivity index (χ1) is 22.0. The quantitative estimate of drug-likeness (QED) is 0.244. The number of halogens is 4. The number of primary amides is 1. The molecule has 7 rings (SSSR count). The van der Waals surface area contributed by atoms with E-state index >= 15 is 0 Å². The zero-order valence-corrected chi connectivity index (χ0v) is 23.8. The standard InChI is InChI=1S/C31H22F4N8O3/c1-15(17-4-7-19(32)8-5-17)43-29-27(40-41-43)25(26(28(36)44)21(39-29)10-16-2-3-16)18-6-9-22-23(11-18)46-31(34,35)30(45)42(22)14-24-37-12-20(33)13-38-24/h4-9,11-13,16H,1-3,10,14H2,(H2,36,44). The van der Waals surface area contributed by atoms with Gasteiger partial charge in [0.25, 0.3) is 5.91 Å². The molecule has 3 aromatic heterocycles. The van der Waals surface area contributed by atoms with Crippen LogP contribution < -0.4 is 15.4 Å². The van der Waals surface area contributed by atoms with E-state index in [0.29, 0.717) is 23.4 Å². The molecule has 0 unspecified atom stereocenters. The van der Waals surface area contributed by atoms with Gasteiger partial charge in [-0.05, 0) is 72.7 Å². The second-order valence-corrected chi connectivity index (χ2v) is 11.0. The molecule has 0 bridgehead atoms. The molecule has 11 nitrogen and oxygen atoms in total. The molecule has 15 heteroatoms. The topological polar surface area (TPSA) is 142 Å². The third-order valence-corrected chi connectivity index (χ3v) is 7.77. The number of anilines is 1. The van der Waals surface area contributed by atoms with Crippen molar-refractivity contribution in [2.45, 2.75) is 31.9 Å². The lowest BCUT2D eigenvalue weighted by Crippen LogP contribution is -2.50. The Morgan fingerprint density at radius 1 is 1.07 bits per heavy atom. The highest BCUT2D eigenvalue weighted by Crippen LogP contribution is 2.44. The molecule has 46 heavy (non-hydrogen) atoms. The molecule has 1 fully saturated rings. The van der Waals surface area contributed by atoms with Gasteiger partial charge in [0.05, 0.1) is 41.6 Å². The molecule has 2 aromatic carbocycles. The van der Waals surface area contributed by atoms with Crippen LogP contribution in [-0.4, -0.2) is 47.9 Å². The van der Waals surface area contributed by atoms with Crippen LogP contribution in [0.15, 0.2) is 61.4 Å². The van der Waals surface area contributed by atoms with Gasteiger partial charge in [0.1, 0.15) is 17.2 Å². The molecule has 2 N–H and O–H groups in total. The summed E-state index contributed by atoms with van der Waals surface area (Å²) in [6.07, 6.45) is -0.292. The van der Waals surface area contributed by atoms with E-state index in [0.717, 1.165) is 30.1 Å². The van der Waals surface area contributed by atoms with Crippen LogP contribution in [0.4, 0.5) is 23.2 Å². The van der Waals surface area contributed by atoms with Gasteiger partial charge >= 0.3 is 12.0 Å². The molecule has 5 aromatic rings. The van der Waals surface area contributed by atoms with E-state index in [1.54, 1.807) is 0 Å². The number of rotatable bonds is 8. The molecule has 1 aliphatic carbocycles. The van der Waals surface area contributed by atoms with Crippen molar-refractivity contribution < 1.29 is 31.9 Å². The van der Waals surface area contributed by atoms with Crippen LogP contribution in [0.5, 0.6) is 5.75 Å². The summed E-state index contributed by atoms with van der Waals surface area (Å²) in [4.78, 5) is 38.7. The number of amides is 2. The van der Waals surface area contributed by atoms with Crippen LogP contribution in [0.1, 0.15) is 40.3 Å². The Labute approximate surface area is 257 Å². The van der Waals surface area contributed by atoms with Crippen molar-refractivity contribution >= 4 is 34.4 Å². The van der Waals surface area contributed by atoms with Crippen LogP contribution in [0.3, 0.4) is 0 Å². The lowest BCUT2D eigenvalue weighted by Gasteiger charge is -2.33. The highest BCUT2D eigenvalue weighted by molar-refractivity contribution is 6.09. The molecule has 0 atom stereocenters. The minimum atomic E-state index is -4.26. The van der Waals surface area contributed by atoms with Gasteiger partial charge in [-0.1, -0.05) is 17.9 Å². The molecule has 232 valence electrons. The molecule has 2 amide bonds. The van der Waals surface area contributed by atoms with Crippen LogP contribution in [0.2, 0.25) is 0 Å². The van der Waals surface area contributed by atoms with Crippen molar-refractivity contribution in [3.8, 4) is 16.9 Å². The minimum Gasteiger partial charge on any atom is -0.423 e.